The van der Waals surface area contributed by atoms with E-state index in [2.05, 4.69) is 4.98 Å². The largest absolute Gasteiger partial charge is 0.438 e. The topological polar surface area (TPSA) is 55.6 Å². The Morgan fingerprint density at radius 1 is 1.16 bits per heavy atom. The van der Waals surface area contributed by atoms with Gasteiger partial charge in [0.15, 0.2) is 16.9 Å². The van der Waals surface area contributed by atoms with Gasteiger partial charge in [0, 0.05) is 30.9 Å². The summed E-state index contributed by atoms with van der Waals surface area (Å²) in [6, 6.07) is 7.39. The molecule has 128 valence electrons. The molecule has 2 aromatic heterocycles. The second-order valence-corrected chi connectivity index (χ2v) is 6.12. The van der Waals surface area contributed by atoms with E-state index in [-0.39, 0.29) is 10.5 Å². The number of morpholine rings is 1. The van der Waals surface area contributed by atoms with Gasteiger partial charge < -0.3 is 14.1 Å². The fraction of sp³-hybridized carbons (Fsp3) is 0.222. The Labute approximate surface area is 147 Å². The lowest BCUT2D eigenvalue weighted by Crippen LogP contribution is -2.36. The Morgan fingerprint density at radius 3 is 2.72 bits per heavy atom. The molecule has 7 heteroatoms. The van der Waals surface area contributed by atoms with E-state index in [1.807, 2.05) is 4.90 Å². The summed E-state index contributed by atoms with van der Waals surface area (Å²) in [4.78, 5) is 18.8. The first-order valence-corrected chi connectivity index (χ1v) is 8.22. The van der Waals surface area contributed by atoms with Crippen LogP contribution in [0.5, 0.6) is 0 Å². The van der Waals surface area contributed by atoms with Crippen LogP contribution >= 0.6 is 11.6 Å². The van der Waals surface area contributed by atoms with Crippen molar-refractivity contribution in [3.63, 3.8) is 0 Å². The summed E-state index contributed by atoms with van der Waals surface area (Å²) in [5, 5.41) is 0.408. The fourth-order valence-electron chi connectivity index (χ4n) is 2.86. The second kappa shape index (κ2) is 6.46. The molecule has 3 aromatic rings. The molecular formula is C18H14ClFN2O3. The molecule has 5 nitrogen and oxygen atoms in total. The average molecular weight is 361 g/mol. The molecule has 1 aliphatic heterocycles. The summed E-state index contributed by atoms with van der Waals surface area (Å²) in [5.74, 6) is -0.0376. The molecule has 0 radical (unpaired) electrons. The van der Waals surface area contributed by atoms with Gasteiger partial charge in [-0.1, -0.05) is 11.6 Å². The number of anilines is 1. The highest BCUT2D eigenvalue weighted by molar-refractivity contribution is 6.31. The van der Waals surface area contributed by atoms with Crippen molar-refractivity contribution < 1.29 is 13.5 Å². The molecule has 0 amide bonds. The number of benzene rings is 1. The van der Waals surface area contributed by atoms with Gasteiger partial charge in [0.2, 0.25) is 0 Å². The van der Waals surface area contributed by atoms with Crippen LogP contribution in [-0.4, -0.2) is 31.3 Å². The zero-order chi connectivity index (χ0) is 17.4. The molecule has 4 rings (SSSR count). The van der Waals surface area contributed by atoms with E-state index in [1.54, 1.807) is 12.1 Å². The number of hydrogen-bond acceptors (Lipinski definition) is 5. The standard InChI is InChI=1S/C18H14ClFN2O3/c19-13-9-11(1-2-14(13)20)17-18-12(3-4-21-17)15(23)10-16(25-18)22-5-7-24-8-6-22/h1-4,9-10H,5-8H2. The lowest BCUT2D eigenvalue weighted by atomic mass is 10.1. The van der Waals surface area contributed by atoms with Crippen molar-refractivity contribution in [1.82, 2.24) is 4.98 Å². The highest BCUT2D eigenvalue weighted by Crippen LogP contribution is 2.30. The van der Waals surface area contributed by atoms with Crippen molar-refractivity contribution in [2.45, 2.75) is 0 Å². The first-order chi connectivity index (χ1) is 12.1. The Hall–Kier alpha value is -2.44. The van der Waals surface area contributed by atoms with Gasteiger partial charge in [-0.3, -0.25) is 9.78 Å². The first kappa shape index (κ1) is 16.1. The van der Waals surface area contributed by atoms with Crippen LogP contribution in [0.4, 0.5) is 10.3 Å². The van der Waals surface area contributed by atoms with Crippen molar-refractivity contribution in [2.24, 2.45) is 0 Å². The predicted molar refractivity (Wildman–Crippen MR) is 93.7 cm³/mol. The molecule has 0 unspecified atom stereocenters. The Kier molecular flexibility index (Phi) is 4.15. The van der Waals surface area contributed by atoms with Crippen LogP contribution in [-0.2, 0) is 4.74 Å². The van der Waals surface area contributed by atoms with E-state index >= 15 is 0 Å². The van der Waals surface area contributed by atoms with Crippen LogP contribution in [0.1, 0.15) is 0 Å². The molecule has 0 spiro atoms. The SMILES string of the molecule is O=c1cc(N2CCOCC2)oc2c(-c3ccc(F)c(Cl)c3)nccc12. The average Bonchev–Trinajstić information content (AvgIpc) is 2.64. The summed E-state index contributed by atoms with van der Waals surface area (Å²) < 4.78 is 24.8. The molecule has 0 atom stereocenters. The van der Waals surface area contributed by atoms with E-state index in [0.29, 0.717) is 54.4 Å². The van der Waals surface area contributed by atoms with Crippen molar-refractivity contribution in [3.8, 4) is 11.3 Å². The molecule has 1 saturated heterocycles. The summed E-state index contributed by atoms with van der Waals surface area (Å²) in [6.45, 7) is 2.45. The zero-order valence-electron chi connectivity index (χ0n) is 13.2. The van der Waals surface area contributed by atoms with Gasteiger partial charge in [-0.15, -0.1) is 0 Å². The molecule has 1 aliphatic rings. The normalized spacial score (nSPS) is 14.9. The summed E-state index contributed by atoms with van der Waals surface area (Å²) in [5.41, 5.74) is 1.24. The van der Waals surface area contributed by atoms with Gasteiger partial charge in [0.1, 0.15) is 11.5 Å². The lowest BCUT2D eigenvalue weighted by Gasteiger charge is -2.27. The van der Waals surface area contributed by atoms with Crippen molar-refractivity contribution in [2.75, 3.05) is 31.2 Å². The van der Waals surface area contributed by atoms with Crippen molar-refractivity contribution >= 4 is 28.5 Å². The Balaban J connectivity index is 1.91. The van der Waals surface area contributed by atoms with Gasteiger partial charge in [-0.2, -0.15) is 0 Å². The van der Waals surface area contributed by atoms with E-state index in [1.165, 1.54) is 24.4 Å². The third kappa shape index (κ3) is 2.99. The summed E-state index contributed by atoms with van der Waals surface area (Å²) in [6.07, 6.45) is 1.53. The second-order valence-electron chi connectivity index (χ2n) is 5.71. The van der Waals surface area contributed by atoms with Gasteiger partial charge in [0.25, 0.3) is 0 Å². The molecular weight excluding hydrogens is 347 g/mol. The third-order valence-corrected chi connectivity index (χ3v) is 4.44. The summed E-state index contributed by atoms with van der Waals surface area (Å²) in [7, 11) is 0. The van der Waals surface area contributed by atoms with Crippen LogP contribution in [0, 0.1) is 5.82 Å². The molecule has 25 heavy (non-hydrogen) atoms. The molecule has 0 aliphatic carbocycles. The van der Waals surface area contributed by atoms with E-state index < -0.39 is 5.82 Å². The van der Waals surface area contributed by atoms with Crippen LogP contribution in [0.25, 0.3) is 22.2 Å². The fourth-order valence-corrected chi connectivity index (χ4v) is 3.04. The van der Waals surface area contributed by atoms with Crippen LogP contribution < -0.4 is 10.3 Å². The molecule has 1 aromatic carbocycles. The van der Waals surface area contributed by atoms with Gasteiger partial charge >= 0.3 is 0 Å². The summed E-state index contributed by atoms with van der Waals surface area (Å²) >= 11 is 5.88. The number of fused-ring (bicyclic) bond motifs is 1. The number of halogens is 2. The number of nitrogens with zero attached hydrogens (tertiary/aromatic N) is 2. The first-order valence-electron chi connectivity index (χ1n) is 7.84. The molecule has 0 saturated carbocycles. The monoisotopic (exact) mass is 360 g/mol. The van der Waals surface area contributed by atoms with E-state index in [9.17, 15) is 9.18 Å². The maximum atomic E-state index is 13.5. The Morgan fingerprint density at radius 2 is 1.96 bits per heavy atom. The minimum atomic E-state index is -0.513. The number of pyridine rings is 1. The number of hydrogen-bond donors (Lipinski definition) is 0. The Bertz CT molecular complexity index is 999. The highest BCUT2D eigenvalue weighted by Gasteiger charge is 2.18. The number of ether oxygens (including phenoxy) is 1. The maximum absolute atomic E-state index is 13.5. The molecule has 1 fully saturated rings. The van der Waals surface area contributed by atoms with E-state index in [4.69, 9.17) is 20.8 Å². The van der Waals surface area contributed by atoms with E-state index in [0.717, 1.165) is 0 Å². The van der Waals surface area contributed by atoms with Gasteiger partial charge in [0.05, 0.1) is 23.6 Å². The van der Waals surface area contributed by atoms with Gasteiger partial charge in [-0.05, 0) is 24.3 Å². The number of aromatic nitrogens is 1. The zero-order valence-corrected chi connectivity index (χ0v) is 13.9. The number of rotatable bonds is 2. The highest BCUT2D eigenvalue weighted by atomic mass is 35.5. The quantitative estimate of drug-likeness (QED) is 0.700. The lowest BCUT2D eigenvalue weighted by molar-refractivity contribution is 0.121. The minimum Gasteiger partial charge on any atom is -0.438 e. The molecule has 0 N–H and O–H groups in total. The molecule has 0 bridgehead atoms. The maximum Gasteiger partial charge on any atom is 0.200 e. The van der Waals surface area contributed by atoms with Crippen molar-refractivity contribution in [3.05, 3.63) is 57.6 Å². The van der Waals surface area contributed by atoms with Crippen LogP contribution in [0.2, 0.25) is 5.02 Å². The molecule has 3 heterocycles. The minimum absolute atomic E-state index is 0.0111. The van der Waals surface area contributed by atoms with Crippen molar-refractivity contribution in [1.29, 1.82) is 0 Å². The van der Waals surface area contributed by atoms with Crippen LogP contribution in [0.15, 0.2) is 45.7 Å². The predicted octanol–water partition coefficient (Wildman–Crippen LogP) is 3.48. The third-order valence-electron chi connectivity index (χ3n) is 4.15. The van der Waals surface area contributed by atoms with Gasteiger partial charge in [-0.25, -0.2) is 4.39 Å². The smallest absolute Gasteiger partial charge is 0.200 e. The van der Waals surface area contributed by atoms with Crippen LogP contribution in [0.3, 0.4) is 0 Å².